The first kappa shape index (κ1) is 12.6. The molecule has 4 heteroatoms. The van der Waals surface area contributed by atoms with Crippen molar-refractivity contribution in [3.63, 3.8) is 0 Å². The van der Waals surface area contributed by atoms with Crippen LogP contribution in [0.15, 0.2) is 24.3 Å². The Balaban J connectivity index is 1.82. The molecule has 0 saturated carbocycles. The van der Waals surface area contributed by atoms with Crippen molar-refractivity contribution in [2.75, 3.05) is 13.1 Å². The number of carbonyl (C=O) groups excluding carboxylic acids is 1. The van der Waals surface area contributed by atoms with Crippen molar-refractivity contribution >= 4 is 5.91 Å². The molecule has 0 bridgehead atoms. The summed E-state index contributed by atoms with van der Waals surface area (Å²) >= 11 is 0. The SMILES string of the molecule is NC(=O)C1CCCN(C2CC(N)c3ccccc32)C1. The fourth-order valence-electron chi connectivity index (χ4n) is 3.51. The molecule has 0 spiro atoms. The summed E-state index contributed by atoms with van der Waals surface area (Å²) in [7, 11) is 0. The number of rotatable bonds is 2. The van der Waals surface area contributed by atoms with E-state index in [1.807, 2.05) is 6.07 Å². The molecule has 4 N–H and O–H groups in total. The third kappa shape index (κ3) is 2.26. The van der Waals surface area contributed by atoms with E-state index < -0.39 is 0 Å². The van der Waals surface area contributed by atoms with Gasteiger partial charge in [-0.2, -0.15) is 0 Å². The van der Waals surface area contributed by atoms with E-state index in [9.17, 15) is 4.79 Å². The number of fused-ring (bicyclic) bond motifs is 1. The van der Waals surface area contributed by atoms with Gasteiger partial charge in [-0.05, 0) is 36.9 Å². The van der Waals surface area contributed by atoms with Gasteiger partial charge in [0, 0.05) is 18.6 Å². The largest absolute Gasteiger partial charge is 0.369 e. The minimum absolute atomic E-state index is 0.00210. The van der Waals surface area contributed by atoms with Gasteiger partial charge in [0.2, 0.25) is 5.91 Å². The lowest BCUT2D eigenvalue weighted by Crippen LogP contribution is -2.42. The van der Waals surface area contributed by atoms with Gasteiger partial charge < -0.3 is 11.5 Å². The van der Waals surface area contributed by atoms with E-state index >= 15 is 0 Å². The van der Waals surface area contributed by atoms with Gasteiger partial charge in [-0.1, -0.05) is 24.3 Å². The molecule has 3 atom stereocenters. The van der Waals surface area contributed by atoms with Crippen LogP contribution in [-0.2, 0) is 4.79 Å². The third-order valence-corrected chi connectivity index (χ3v) is 4.53. The molecule has 3 unspecified atom stereocenters. The third-order valence-electron chi connectivity index (χ3n) is 4.53. The lowest BCUT2D eigenvalue weighted by atomic mass is 9.95. The molecule has 19 heavy (non-hydrogen) atoms. The van der Waals surface area contributed by atoms with E-state index in [-0.39, 0.29) is 17.9 Å². The molecule has 102 valence electrons. The van der Waals surface area contributed by atoms with Gasteiger partial charge in [-0.25, -0.2) is 0 Å². The summed E-state index contributed by atoms with van der Waals surface area (Å²) < 4.78 is 0. The van der Waals surface area contributed by atoms with Crippen LogP contribution in [0, 0.1) is 5.92 Å². The van der Waals surface area contributed by atoms with Crippen LogP contribution in [0.2, 0.25) is 0 Å². The normalized spacial score (nSPS) is 31.1. The first-order valence-electron chi connectivity index (χ1n) is 7.04. The van der Waals surface area contributed by atoms with Crippen LogP contribution < -0.4 is 11.5 Å². The highest BCUT2D eigenvalue weighted by atomic mass is 16.1. The molecule has 1 aromatic carbocycles. The Labute approximate surface area is 113 Å². The monoisotopic (exact) mass is 259 g/mol. The molecule has 0 aromatic heterocycles. The maximum absolute atomic E-state index is 11.4. The second-order valence-electron chi connectivity index (χ2n) is 5.72. The summed E-state index contributed by atoms with van der Waals surface area (Å²) in [5.41, 5.74) is 14.3. The topological polar surface area (TPSA) is 72.4 Å². The fourth-order valence-corrected chi connectivity index (χ4v) is 3.51. The van der Waals surface area contributed by atoms with Crippen LogP contribution >= 0.6 is 0 Å². The Morgan fingerprint density at radius 1 is 1.26 bits per heavy atom. The standard InChI is InChI=1S/C15H21N3O/c16-13-8-14(12-6-2-1-5-11(12)13)18-7-3-4-10(9-18)15(17)19/h1-2,5-6,10,13-14H,3-4,7-9,16H2,(H2,17,19). The van der Waals surface area contributed by atoms with Crippen molar-refractivity contribution in [3.05, 3.63) is 35.4 Å². The highest BCUT2D eigenvalue weighted by molar-refractivity contribution is 5.77. The number of hydrogen-bond acceptors (Lipinski definition) is 3. The lowest BCUT2D eigenvalue weighted by molar-refractivity contribution is -0.123. The van der Waals surface area contributed by atoms with E-state index in [1.165, 1.54) is 11.1 Å². The second-order valence-corrected chi connectivity index (χ2v) is 5.72. The lowest BCUT2D eigenvalue weighted by Gasteiger charge is -2.36. The zero-order valence-electron chi connectivity index (χ0n) is 11.1. The Kier molecular flexibility index (Phi) is 3.29. The number of nitrogens with zero attached hydrogens (tertiary/aromatic N) is 1. The number of carbonyl (C=O) groups is 1. The average Bonchev–Trinajstić information content (AvgIpc) is 2.77. The van der Waals surface area contributed by atoms with Crippen LogP contribution in [-0.4, -0.2) is 23.9 Å². The smallest absolute Gasteiger partial charge is 0.221 e. The molecule has 2 aliphatic rings. The van der Waals surface area contributed by atoms with Gasteiger partial charge in [-0.15, -0.1) is 0 Å². The summed E-state index contributed by atoms with van der Waals surface area (Å²) in [5.74, 6) is -0.169. The molecular weight excluding hydrogens is 238 g/mol. The van der Waals surface area contributed by atoms with E-state index in [4.69, 9.17) is 11.5 Å². The van der Waals surface area contributed by atoms with Gasteiger partial charge in [0.05, 0.1) is 5.92 Å². The number of piperidine rings is 1. The Hall–Kier alpha value is -1.39. The Bertz CT molecular complexity index is 488. The van der Waals surface area contributed by atoms with Crippen molar-refractivity contribution < 1.29 is 4.79 Å². The summed E-state index contributed by atoms with van der Waals surface area (Å²) in [6.45, 7) is 1.82. The first-order chi connectivity index (χ1) is 9.16. The number of amides is 1. The van der Waals surface area contributed by atoms with Crippen LogP contribution in [0.4, 0.5) is 0 Å². The molecular formula is C15H21N3O. The number of likely N-dealkylation sites (tertiary alicyclic amines) is 1. The number of benzene rings is 1. The van der Waals surface area contributed by atoms with Crippen molar-refractivity contribution in [3.8, 4) is 0 Å². The summed E-state index contributed by atoms with van der Waals surface area (Å²) in [6.07, 6.45) is 2.92. The number of nitrogens with two attached hydrogens (primary N) is 2. The highest BCUT2D eigenvalue weighted by Crippen LogP contribution is 2.42. The molecule has 0 radical (unpaired) electrons. The van der Waals surface area contributed by atoms with E-state index in [0.717, 1.165) is 32.4 Å². The molecule has 1 aliphatic heterocycles. The Morgan fingerprint density at radius 2 is 2.00 bits per heavy atom. The molecule has 1 heterocycles. The van der Waals surface area contributed by atoms with Crippen LogP contribution in [0.3, 0.4) is 0 Å². The van der Waals surface area contributed by atoms with Gasteiger partial charge in [-0.3, -0.25) is 9.69 Å². The van der Waals surface area contributed by atoms with Crippen molar-refractivity contribution in [1.29, 1.82) is 0 Å². The average molecular weight is 259 g/mol. The van der Waals surface area contributed by atoms with Gasteiger partial charge >= 0.3 is 0 Å². The van der Waals surface area contributed by atoms with Crippen molar-refractivity contribution in [2.45, 2.75) is 31.3 Å². The summed E-state index contributed by atoms with van der Waals surface area (Å²) in [5, 5.41) is 0. The zero-order valence-corrected chi connectivity index (χ0v) is 11.1. The minimum Gasteiger partial charge on any atom is -0.369 e. The predicted octanol–water partition coefficient (Wildman–Crippen LogP) is 1.33. The van der Waals surface area contributed by atoms with Crippen molar-refractivity contribution in [1.82, 2.24) is 4.90 Å². The Morgan fingerprint density at radius 3 is 2.74 bits per heavy atom. The zero-order chi connectivity index (χ0) is 13.4. The molecule has 4 nitrogen and oxygen atoms in total. The second kappa shape index (κ2) is 4.94. The van der Waals surface area contributed by atoms with Crippen LogP contribution in [0.5, 0.6) is 0 Å². The van der Waals surface area contributed by atoms with E-state index in [0.29, 0.717) is 6.04 Å². The molecule has 3 rings (SSSR count). The summed E-state index contributed by atoms with van der Waals surface area (Å²) in [6, 6.07) is 8.88. The van der Waals surface area contributed by atoms with Crippen LogP contribution in [0.25, 0.3) is 0 Å². The van der Waals surface area contributed by atoms with Crippen LogP contribution in [0.1, 0.15) is 42.5 Å². The maximum atomic E-state index is 11.4. The fraction of sp³-hybridized carbons (Fsp3) is 0.533. The number of hydrogen-bond donors (Lipinski definition) is 2. The minimum atomic E-state index is -0.166. The van der Waals surface area contributed by atoms with Gasteiger partial charge in [0.1, 0.15) is 0 Å². The van der Waals surface area contributed by atoms with E-state index in [2.05, 4.69) is 23.1 Å². The highest BCUT2D eigenvalue weighted by Gasteiger charge is 2.35. The quantitative estimate of drug-likeness (QED) is 0.841. The predicted molar refractivity (Wildman–Crippen MR) is 74.2 cm³/mol. The maximum Gasteiger partial charge on any atom is 0.221 e. The van der Waals surface area contributed by atoms with E-state index in [1.54, 1.807) is 0 Å². The van der Waals surface area contributed by atoms with Gasteiger partial charge in [0.25, 0.3) is 0 Å². The molecule has 1 aliphatic carbocycles. The number of primary amides is 1. The summed E-state index contributed by atoms with van der Waals surface area (Å²) in [4.78, 5) is 13.8. The van der Waals surface area contributed by atoms with Gasteiger partial charge in [0.15, 0.2) is 0 Å². The molecule has 1 amide bonds. The molecule has 1 aromatic rings. The molecule has 1 saturated heterocycles. The molecule has 1 fully saturated rings. The first-order valence-corrected chi connectivity index (χ1v) is 7.04. The van der Waals surface area contributed by atoms with Crippen molar-refractivity contribution in [2.24, 2.45) is 17.4 Å².